The van der Waals surface area contributed by atoms with Crippen molar-refractivity contribution in [3.63, 3.8) is 0 Å². The second kappa shape index (κ2) is 5.83. The van der Waals surface area contributed by atoms with Crippen LogP contribution < -0.4 is 11.1 Å². The Labute approximate surface area is 104 Å². The zero-order chi connectivity index (χ0) is 12.3. The largest absolute Gasteiger partial charge is 0.352 e. The number of nitrogens with zero attached hydrogens (tertiary/aromatic N) is 1. The van der Waals surface area contributed by atoms with Crippen LogP contribution in [-0.4, -0.2) is 42.5 Å². The molecule has 0 aromatic carbocycles. The lowest BCUT2D eigenvalue weighted by molar-refractivity contribution is -0.123. The Morgan fingerprint density at radius 3 is 2.71 bits per heavy atom. The molecule has 17 heavy (non-hydrogen) atoms. The van der Waals surface area contributed by atoms with E-state index in [0.717, 1.165) is 32.4 Å². The van der Waals surface area contributed by atoms with Crippen molar-refractivity contribution in [1.82, 2.24) is 10.2 Å². The van der Waals surface area contributed by atoms with Gasteiger partial charge in [0.25, 0.3) is 0 Å². The number of rotatable bonds is 3. The van der Waals surface area contributed by atoms with Crippen LogP contribution in [0.25, 0.3) is 0 Å². The Bertz CT molecular complexity index is 253. The van der Waals surface area contributed by atoms with Crippen LogP contribution in [0.5, 0.6) is 0 Å². The first-order chi connectivity index (χ1) is 8.13. The van der Waals surface area contributed by atoms with Gasteiger partial charge in [-0.3, -0.25) is 9.69 Å². The molecule has 2 unspecified atom stereocenters. The second-order valence-corrected chi connectivity index (χ2v) is 5.84. The molecule has 4 heteroatoms. The minimum atomic E-state index is 0.179. The molecule has 0 spiro atoms. The fourth-order valence-corrected chi connectivity index (χ4v) is 3.19. The Kier molecular flexibility index (Phi) is 4.40. The van der Waals surface area contributed by atoms with Crippen LogP contribution in [0.1, 0.15) is 39.0 Å². The number of nitrogens with two attached hydrogens (primary N) is 1. The molecular weight excluding hydrogens is 214 g/mol. The first kappa shape index (κ1) is 12.8. The quantitative estimate of drug-likeness (QED) is 0.763. The molecule has 2 aliphatic rings. The van der Waals surface area contributed by atoms with Crippen molar-refractivity contribution >= 4 is 5.91 Å². The van der Waals surface area contributed by atoms with Crippen LogP contribution in [0.4, 0.5) is 0 Å². The molecule has 1 saturated heterocycles. The molecule has 2 fully saturated rings. The lowest BCUT2D eigenvalue weighted by atomic mass is 9.97. The first-order valence-electron chi connectivity index (χ1n) is 6.91. The van der Waals surface area contributed by atoms with Gasteiger partial charge in [-0.25, -0.2) is 0 Å². The van der Waals surface area contributed by atoms with Crippen molar-refractivity contribution in [1.29, 1.82) is 0 Å². The Balaban J connectivity index is 1.73. The van der Waals surface area contributed by atoms with E-state index >= 15 is 0 Å². The topological polar surface area (TPSA) is 58.4 Å². The van der Waals surface area contributed by atoms with E-state index in [1.165, 1.54) is 12.8 Å². The number of carbonyl (C=O) groups is 1. The Morgan fingerprint density at radius 1 is 1.35 bits per heavy atom. The van der Waals surface area contributed by atoms with E-state index < -0.39 is 0 Å². The third-order valence-corrected chi connectivity index (χ3v) is 3.86. The average Bonchev–Trinajstić information content (AvgIpc) is 2.67. The zero-order valence-electron chi connectivity index (χ0n) is 10.8. The molecule has 1 heterocycles. The van der Waals surface area contributed by atoms with Crippen molar-refractivity contribution in [3.05, 3.63) is 0 Å². The van der Waals surface area contributed by atoms with Crippen molar-refractivity contribution in [2.24, 2.45) is 11.7 Å². The van der Waals surface area contributed by atoms with Gasteiger partial charge in [0.15, 0.2) is 0 Å². The van der Waals surface area contributed by atoms with Gasteiger partial charge in [0, 0.05) is 25.2 Å². The number of hydrogen-bond acceptors (Lipinski definition) is 3. The first-order valence-corrected chi connectivity index (χ1v) is 6.91. The predicted octanol–water partition coefficient (Wildman–Crippen LogP) is 0.714. The summed E-state index contributed by atoms with van der Waals surface area (Å²) in [5, 5.41) is 3.13. The number of carbonyl (C=O) groups excluding carboxylic acids is 1. The van der Waals surface area contributed by atoms with Gasteiger partial charge >= 0.3 is 0 Å². The fraction of sp³-hybridized carbons (Fsp3) is 0.923. The van der Waals surface area contributed by atoms with Crippen LogP contribution >= 0.6 is 0 Å². The van der Waals surface area contributed by atoms with Crippen LogP contribution in [0, 0.1) is 5.92 Å². The van der Waals surface area contributed by atoms with Gasteiger partial charge in [-0.1, -0.05) is 19.8 Å². The summed E-state index contributed by atoms with van der Waals surface area (Å²) in [5.74, 6) is 0.788. The number of nitrogens with one attached hydrogen (secondary N) is 1. The fourth-order valence-electron chi connectivity index (χ4n) is 3.19. The minimum Gasteiger partial charge on any atom is -0.352 e. The summed E-state index contributed by atoms with van der Waals surface area (Å²) in [5.41, 5.74) is 5.98. The van der Waals surface area contributed by atoms with Crippen LogP contribution in [0.3, 0.4) is 0 Å². The lowest BCUT2D eigenvalue weighted by Gasteiger charge is -2.34. The maximum absolute atomic E-state index is 11.9. The van der Waals surface area contributed by atoms with Gasteiger partial charge < -0.3 is 11.1 Å². The van der Waals surface area contributed by atoms with E-state index in [0.29, 0.717) is 18.5 Å². The number of likely N-dealkylation sites (tertiary alicyclic amines) is 1. The van der Waals surface area contributed by atoms with Gasteiger partial charge in [0.1, 0.15) is 0 Å². The maximum atomic E-state index is 11.9. The summed E-state index contributed by atoms with van der Waals surface area (Å²) in [4.78, 5) is 14.1. The van der Waals surface area contributed by atoms with Gasteiger partial charge in [-0.15, -0.1) is 0 Å². The van der Waals surface area contributed by atoms with E-state index in [1.807, 2.05) is 0 Å². The smallest absolute Gasteiger partial charge is 0.234 e. The van der Waals surface area contributed by atoms with Crippen LogP contribution in [0.15, 0.2) is 0 Å². The predicted molar refractivity (Wildman–Crippen MR) is 68.6 cm³/mol. The van der Waals surface area contributed by atoms with Gasteiger partial charge in [-0.05, 0) is 25.2 Å². The van der Waals surface area contributed by atoms with Crippen LogP contribution in [0.2, 0.25) is 0 Å². The highest BCUT2D eigenvalue weighted by molar-refractivity contribution is 5.78. The highest BCUT2D eigenvalue weighted by atomic mass is 16.2. The molecule has 2 rings (SSSR count). The second-order valence-electron chi connectivity index (χ2n) is 5.84. The van der Waals surface area contributed by atoms with Gasteiger partial charge in [-0.2, -0.15) is 0 Å². The highest BCUT2D eigenvalue weighted by Gasteiger charge is 2.24. The standard InChI is InChI=1S/C13H25N3O/c1-10-6-11(14)8-16(7-10)9-13(17)15-12-4-2-3-5-12/h10-12H,2-9,14H2,1H3,(H,15,17). The highest BCUT2D eigenvalue weighted by Crippen LogP contribution is 2.18. The summed E-state index contributed by atoms with van der Waals surface area (Å²) in [6, 6.07) is 0.663. The summed E-state index contributed by atoms with van der Waals surface area (Å²) < 4.78 is 0. The van der Waals surface area contributed by atoms with E-state index in [1.54, 1.807) is 0 Å². The summed E-state index contributed by atoms with van der Waals surface area (Å²) in [6.07, 6.45) is 5.91. The minimum absolute atomic E-state index is 0.179. The van der Waals surface area contributed by atoms with E-state index in [4.69, 9.17) is 5.73 Å². The molecule has 2 atom stereocenters. The third-order valence-electron chi connectivity index (χ3n) is 3.86. The van der Waals surface area contributed by atoms with Gasteiger partial charge in [0.2, 0.25) is 5.91 Å². The van der Waals surface area contributed by atoms with E-state index in [2.05, 4.69) is 17.1 Å². The Hall–Kier alpha value is -0.610. The monoisotopic (exact) mass is 239 g/mol. The molecule has 1 amide bonds. The summed E-state index contributed by atoms with van der Waals surface area (Å²) >= 11 is 0. The summed E-state index contributed by atoms with van der Waals surface area (Å²) in [6.45, 7) is 4.60. The maximum Gasteiger partial charge on any atom is 0.234 e. The van der Waals surface area contributed by atoms with Crippen molar-refractivity contribution in [3.8, 4) is 0 Å². The molecular formula is C13H25N3O. The lowest BCUT2D eigenvalue weighted by Crippen LogP contribution is -2.50. The van der Waals surface area contributed by atoms with Crippen LogP contribution in [-0.2, 0) is 4.79 Å². The normalized spacial score (nSPS) is 31.6. The molecule has 0 radical (unpaired) electrons. The number of amides is 1. The molecule has 0 bridgehead atoms. The molecule has 98 valence electrons. The zero-order valence-corrected chi connectivity index (χ0v) is 10.8. The molecule has 0 aromatic heterocycles. The third kappa shape index (κ3) is 3.96. The van der Waals surface area contributed by atoms with Crippen molar-refractivity contribution in [2.75, 3.05) is 19.6 Å². The molecule has 4 nitrogen and oxygen atoms in total. The number of hydrogen-bond donors (Lipinski definition) is 2. The molecule has 0 aromatic rings. The number of piperidine rings is 1. The Morgan fingerprint density at radius 2 is 2.06 bits per heavy atom. The molecule has 1 aliphatic heterocycles. The molecule has 1 aliphatic carbocycles. The summed E-state index contributed by atoms with van der Waals surface area (Å²) in [7, 11) is 0. The van der Waals surface area contributed by atoms with Gasteiger partial charge in [0.05, 0.1) is 6.54 Å². The van der Waals surface area contributed by atoms with E-state index in [-0.39, 0.29) is 11.9 Å². The van der Waals surface area contributed by atoms with Crippen molar-refractivity contribution < 1.29 is 4.79 Å². The van der Waals surface area contributed by atoms with Crippen molar-refractivity contribution in [2.45, 2.75) is 51.1 Å². The SMILES string of the molecule is CC1CC(N)CN(CC(=O)NC2CCCC2)C1. The molecule has 1 saturated carbocycles. The van der Waals surface area contributed by atoms with E-state index in [9.17, 15) is 4.79 Å². The average molecular weight is 239 g/mol. The molecule has 3 N–H and O–H groups in total.